The molecule has 7 nitrogen and oxygen atoms in total. The van der Waals surface area contributed by atoms with Gasteiger partial charge in [0.2, 0.25) is 11.9 Å². The number of aromatic amines is 1. The summed E-state index contributed by atoms with van der Waals surface area (Å²) < 4.78 is 0. The number of nitrogens with zero attached hydrogens (tertiary/aromatic N) is 2. The van der Waals surface area contributed by atoms with Crippen molar-refractivity contribution in [3.05, 3.63) is 54.6 Å². The Balaban J connectivity index is 1.47. The van der Waals surface area contributed by atoms with Gasteiger partial charge >= 0.3 is 0 Å². The highest BCUT2D eigenvalue weighted by Gasteiger charge is 2.39. The van der Waals surface area contributed by atoms with Gasteiger partial charge in [-0.2, -0.15) is 0 Å². The standard InChI is InChI=1S/C17H15N5O2/c23-15-10-14(16(24)22(15)11-6-2-1-3-7-11)20-21-17-18-12-8-4-5-9-13(12)19-17/h1-9,14,20H,10H2,(H2,18,19,21). The maximum Gasteiger partial charge on any atom is 0.253 e. The Morgan fingerprint density at radius 1 is 1.04 bits per heavy atom. The fourth-order valence-corrected chi connectivity index (χ4v) is 2.76. The number of hydrogen-bond donors (Lipinski definition) is 3. The van der Waals surface area contributed by atoms with Gasteiger partial charge < -0.3 is 4.98 Å². The topological polar surface area (TPSA) is 90.1 Å². The van der Waals surface area contributed by atoms with Gasteiger partial charge in [-0.1, -0.05) is 30.3 Å². The number of imidazole rings is 1. The zero-order valence-corrected chi connectivity index (χ0v) is 12.7. The second-order valence-electron chi connectivity index (χ2n) is 5.53. The molecular formula is C17H15N5O2. The van der Waals surface area contributed by atoms with E-state index in [-0.39, 0.29) is 18.2 Å². The summed E-state index contributed by atoms with van der Waals surface area (Å²) in [5, 5.41) is 0. The van der Waals surface area contributed by atoms with Gasteiger partial charge in [0.25, 0.3) is 5.91 Å². The summed E-state index contributed by atoms with van der Waals surface area (Å²) in [6.45, 7) is 0. The lowest BCUT2D eigenvalue weighted by molar-refractivity contribution is -0.121. The average Bonchev–Trinajstić information content (AvgIpc) is 3.14. The molecule has 3 aromatic rings. The van der Waals surface area contributed by atoms with Gasteiger partial charge in [-0.25, -0.2) is 15.3 Å². The summed E-state index contributed by atoms with van der Waals surface area (Å²) in [6, 6.07) is 15.9. The minimum Gasteiger partial charge on any atom is -0.323 e. The third kappa shape index (κ3) is 2.50. The first kappa shape index (κ1) is 14.4. The molecule has 1 atom stereocenters. The molecule has 1 fully saturated rings. The Morgan fingerprint density at radius 2 is 1.79 bits per heavy atom. The number of para-hydroxylation sites is 3. The smallest absolute Gasteiger partial charge is 0.253 e. The zero-order valence-electron chi connectivity index (χ0n) is 12.7. The monoisotopic (exact) mass is 321 g/mol. The van der Waals surface area contributed by atoms with Crippen LogP contribution in [0.25, 0.3) is 11.0 Å². The van der Waals surface area contributed by atoms with Gasteiger partial charge in [0.15, 0.2) is 0 Å². The van der Waals surface area contributed by atoms with Crippen molar-refractivity contribution in [2.45, 2.75) is 12.5 Å². The van der Waals surface area contributed by atoms with Crippen LogP contribution >= 0.6 is 0 Å². The molecule has 1 aliphatic rings. The molecule has 7 heteroatoms. The van der Waals surface area contributed by atoms with E-state index in [4.69, 9.17) is 0 Å². The molecule has 0 radical (unpaired) electrons. The van der Waals surface area contributed by atoms with Crippen molar-refractivity contribution in [3.63, 3.8) is 0 Å². The van der Waals surface area contributed by atoms with Gasteiger partial charge in [0.05, 0.1) is 23.1 Å². The van der Waals surface area contributed by atoms with Crippen molar-refractivity contribution < 1.29 is 9.59 Å². The van der Waals surface area contributed by atoms with Crippen LogP contribution in [-0.4, -0.2) is 27.8 Å². The molecule has 3 N–H and O–H groups in total. The van der Waals surface area contributed by atoms with E-state index in [0.717, 1.165) is 11.0 Å². The average molecular weight is 321 g/mol. The van der Waals surface area contributed by atoms with Crippen LogP contribution in [0.15, 0.2) is 54.6 Å². The second kappa shape index (κ2) is 5.78. The number of hydrogen-bond acceptors (Lipinski definition) is 5. The molecule has 1 aromatic heterocycles. The number of carbonyl (C=O) groups excluding carboxylic acids is 2. The van der Waals surface area contributed by atoms with Gasteiger partial charge in [-0.3, -0.25) is 15.0 Å². The normalized spacial score (nSPS) is 17.7. The molecule has 0 spiro atoms. The Labute approximate surface area is 137 Å². The molecule has 1 aliphatic heterocycles. The molecule has 2 aromatic carbocycles. The lowest BCUT2D eigenvalue weighted by Crippen LogP contribution is -2.41. The molecule has 1 saturated heterocycles. The van der Waals surface area contributed by atoms with Gasteiger partial charge in [-0.05, 0) is 24.3 Å². The number of nitrogens with one attached hydrogen (secondary N) is 3. The van der Waals surface area contributed by atoms with Crippen LogP contribution in [0.1, 0.15) is 6.42 Å². The summed E-state index contributed by atoms with van der Waals surface area (Å²) in [5.74, 6) is -0.0143. The van der Waals surface area contributed by atoms with Gasteiger partial charge in [0, 0.05) is 0 Å². The van der Waals surface area contributed by atoms with E-state index in [1.165, 1.54) is 4.90 Å². The SMILES string of the molecule is O=C1CC(NNc2nc3ccccc3[nH]2)C(=O)N1c1ccccc1. The lowest BCUT2D eigenvalue weighted by Gasteiger charge is -2.15. The van der Waals surface area contributed by atoms with Crippen molar-refractivity contribution in [2.75, 3.05) is 10.3 Å². The largest absolute Gasteiger partial charge is 0.323 e. The zero-order chi connectivity index (χ0) is 16.5. The van der Waals surface area contributed by atoms with Crippen LogP contribution < -0.4 is 15.8 Å². The first-order valence-electron chi connectivity index (χ1n) is 7.60. The summed E-state index contributed by atoms with van der Waals surface area (Å²) in [6.07, 6.45) is 0.0982. The summed E-state index contributed by atoms with van der Waals surface area (Å²) >= 11 is 0. The second-order valence-corrected chi connectivity index (χ2v) is 5.53. The quantitative estimate of drug-likeness (QED) is 0.504. The number of hydrazine groups is 1. The predicted molar refractivity (Wildman–Crippen MR) is 90.2 cm³/mol. The van der Waals surface area contributed by atoms with Crippen LogP contribution in [-0.2, 0) is 9.59 Å². The number of imide groups is 1. The highest BCUT2D eigenvalue weighted by molar-refractivity contribution is 6.22. The number of rotatable bonds is 4. The molecule has 0 aliphatic carbocycles. The van der Waals surface area contributed by atoms with E-state index in [9.17, 15) is 9.59 Å². The minimum atomic E-state index is -0.633. The molecule has 120 valence electrons. The molecule has 0 bridgehead atoms. The highest BCUT2D eigenvalue weighted by atomic mass is 16.2. The Hall–Kier alpha value is -3.19. The first-order chi connectivity index (χ1) is 11.7. The number of fused-ring (bicyclic) bond motifs is 1. The molecule has 24 heavy (non-hydrogen) atoms. The third-order valence-electron chi connectivity index (χ3n) is 3.92. The number of carbonyl (C=O) groups is 2. The van der Waals surface area contributed by atoms with Crippen LogP contribution in [0.4, 0.5) is 11.6 Å². The van der Waals surface area contributed by atoms with Crippen molar-refractivity contribution >= 4 is 34.5 Å². The molecule has 0 saturated carbocycles. The van der Waals surface area contributed by atoms with E-state index >= 15 is 0 Å². The Bertz CT molecular complexity index is 872. The minimum absolute atomic E-state index is 0.0982. The third-order valence-corrected chi connectivity index (χ3v) is 3.92. The summed E-state index contributed by atoms with van der Waals surface area (Å²) in [4.78, 5) is 33.3. The van der Waals surface area contributed by atoms with Gasteiger partial charge in [-0.15, -0.1) is 0 Å². The number of benzene rings is 2. The molecule has 4 rings (SSSR count). The van der Waals surface area contributed by atoms with Crippen molar-refractivity contribution in [2.24, 2.45) is 0 Å². The first-order valence-corrected chi connectivity index (χ1v) is 7.60. The van der Waals surface area contributed by atoms with Crippen molar-refractivity contribution in [1.29, 1.82) is 0 Å². The van der Waals surface area contributed by atoms with Crippen molar-refractivity contribution in [1.82, 2.24) is 15.4 Å². The number of anilines is 2. The van der Waals surface area contributed by atoms with Crippen LogP contribution in [0.3, 0.4) is 0 Å². The van der Waals surface area contributed by atoms with Gasteiger partial charge in [0.1, 0.15) is 6.04 Å². The maximum atomic E-state index is 12.5. The fourth-order valence-electron chi connectivity index (χ4n) is 2.76. The maximum absolute atomic E-state index is 12.5. The van der Waals surface area contributed by atoms with E-state index in [1.807, 2.05) is 30.3 Å². The van der Waals surface area contributed by atoms with E-state index in [0.29, 0.717) is 11.6 Å². The molecule has 2 amide bonds. The number of H-pyrrole nitrogens is 1. The fraction of sp³-hybridized carbons (Fsp3) is 0.118. The Kier molecular flexibility index (Phi) is 3.47. The summed E-state index contributed by atoms with van der Waals surface area (Å²) in [7, 11) is 0. The van der Waals surface area contributed by atoms with Crippen LogP contribution in [0.2, 0.25) is 0 Å². The highest BCUT2D eigenvalue weighted by Crippen LogP contribution is 2.22. The van der Waals surface area contributed by atoms with E-state index in [1.54, 1.807) is 24.3 Å². The number of aromatic nitrogens is 2. The molecule has 2 heterocycles. The van der Waals surface area contributed by atoms with Crippen LogP contribution in [0.5, 0.6) is 0 Å². The van der Waals surface area contributed by atoms with Crippen molar-refractivity contribution in [3.8, 4) is 0 Å². The predicted octanol–water partition coefficient (Wildman–Crippen LogP) is 1.81. The lowest BCUT2D eigenvalue weighted by atomic mass is 10.2. The summed E-state index contributed by atoms with van der Waals surface area (Å²) in [5.41, 5.74) is 8.06. The van der Waals surface area contributed by atoms with Crippen LogP contribution in [0, 0.1) is 0 Å². The Morgan fingerprint density at radius 3 is 2.58 bits per heavy atom. The molecular weight excluding hydrogens is 306 g/mol. The van der Waals surface area contributed by atoms with E-state index < -0.39 is 6.04 Å². The van der Waals surface area contributed by atoms with E-state index in [2.05, 4.69) is 20.8 Å². The molecule has 1 unspecified atom stereocenters. The number of amides is 2.